The van der Waals surface area contributed by atoms with E-state index in [0.717, 1.165) is 24.9 Å². The van der Waals surface area contributed by atoms with Crippen LogP contribution in [0.25, 0.3) is 0 Å². The minimum absolute atomic E-state index is 0.305. The third-order valence-corrected chi connectivity index (χ3v) is 5.14. The molecule has 0 aliphatic carbocycles. The van der Waals surface area contributed by atoms with E-state index >= 15 is 0 Å². The van der Waals surface area contributed by atoms with Crippen LogP contribution in [0.15, 0.2) is 27.6 Å². The van der Waals surface area contributed by atoms with E-state index < -0.39 is 10.0 Å². The van der Waals surface area contributed by atoms with Crippen LogP contribution >= 0.6 is 15.9 Å². The second kappa shape index (κ2) is 7.99. The van der Waals surface area contributed by atoms with Crippen molar-refractivity contribution in [2.75, 3.05) is 13.1 Å². The van der Waals surface area contributed by atoms with Crippen LogP contribution in [-0.2, 0) is 16.6 Å². The molecular weight excluding hydrogens is 328 g/mol. The molecule has 0 aliphatic rings. The molecule has 19 heavy (non-hydrogen) atoms. The van der Waals surface area contributed by atoms with E-state index in [9.17, 15) is 8.42 Å². The van der Waals surface area contributed by atoms with Crippen molar-refractivity contribution in [3.63, 3.8) is 0 Å². The zero-order chi connectivity index (χ0) is 14.3. The summed E-state index contributed by atoms with van der Waals surface area (Å²) in [7, 11) is -3.44. The maximum atomic E-state index is 12.2. The summed E-state index contributed by atoms with van der Waals surface area (Å²) in [6.45, 7) is 6.04. The Morgan fingerprint density at radius 3 is 2.63 bits per heavy atom. The average molecular weight is 349 g/mol. The molecular formula is C13H21BrN2O2S. The molecule has 0 spiro atoms. The molecule has 0 fully saturated rings. The highest BCUT2D eigenvalue weighted by Crippen LogP contribution is 2.23. The summed E-state index contributed by atoms with van der Waals surface area (Å²) >= 11 is 3.30. The van der Waals surface area contributed by atoms with Gasteiger partial charge in [0.2, 0.25) is 10.0 Å². The van der Waals surface area contributed by atoms with Crippen LogP contribution in [0.4, 0.5) is 0 Å². The number of rotatable bonds is 8. The highest BCUT2D eigenvalue weighted by atomic mass is 79.9. The Morgan fingerprint density at radius 1 is 1.26 bits per heavy atom. The fourth-order valence-corrected chi connectivity index (χ4v) is 3.68. The van der Waals surface area contributed by atoms with Crippen LogP contribution in [0, 0.1) is 0 Å². The summed E-state index contributed by atoms with van der Waals surface area (Å²) in [5, 5.41) is 3.18. The van der Waals surface area contributed by atoms with Crippen LogP contribution in [0.2, 0.25) is 0 Å². The van der Waals surface area contributed by atoms with Gasteiger partial charge in [0.25, 0.3) is 0 Å². The first-order valence-electron chi connectivity index (χ1n) is 6.50. The number of hydrogen-bond acceptors (Lipinski definition) is 3. The second-order valence-electron chi connectivity index (χ2n) is 4.30. The van der Waals surface area contributed by atoms with Crippen LogP contribution < -0.4 is 10.0 Å². The van der Waals surface area contributed by atoms with Gasteiger partial charge >= 0.3 is 0 Å². The smallest absolute Gasteiger partial charge is 0.241 e. The third kappa shape index (κ3) is 5.22. The number of benzene rings is 1. The molecule has 0 amide bonds. The first-order chi connectivity index (χ1) is 9.01. The van der Waals surface area contributed by atoms with Crippen molar-refractivity contribution in [2.45, 2.75) is 38.1 Å². The Bertz CT molecular complexity index is 503. The molecule has 0 bridgehead atoms. The van der Waals surface area contributed by atoms with Crippen molar-refractivity contribution >= 4 is 26.0 Å². The van der Waals surface area contributed by atoms with Gasteiger partial charge in [0.05, 0.1) is 4.90 Å². The van der Waals surface area contributed by atoms with Gasteiger partial charge in [0.1, 0.15) is 0 Å². The fraction of sp³-hybridized carbons (Fsp3) is 0.538. The molecule has 1 aromatic rings. The summed E-state index contributed by atoms with van der Waals surface area (Å²) in [6, 6.07) is 5.40. The topological polar surface area (TPSA) is 58.2 Å². The third-order valence-electron chi connectivity index (χ3n) is 2.69. The predicted molar refractivity (Wildman–Crippen MR) is 81.6 cm³/mol. The van der Waals surface area contributed by atoms with Crippen LogP contribution in [-0.4, -0.2) is 21.5 Å². The molecule has 0 heterocycles. The van der Waals surface area contributed by atoms with Crippen molar-refractivity contribution in [1.29, 1.82) is 0 Å². The molecule has 0 saturated heterocycles. The van der Waals surface area contributed by atoms with Crippen molar-refractivity contribution in [3.05, 3.63) is 28.2 Å². The number of halogens is 1. The molecule has 6 heteroatoms. The number of unbranched alkanes of at least 4 members (excludes halogenated alkanes) is 1. The van der Waals surface area contributed by atoms with Crippen LogP contribution in [0.3, 0.4) is 0 Å². The first-order valence-corrected chi connectivity index (χ1v) is 8.77. The Morgan fingerprint density at radius 2 is 2.00 bits per heavy atom. The Labute approximate surface area is 124 Å². The molecule has 0 saturated carbocycles. The molecule has 108 valence electrons. The summed E-state index contributed by atoms with van der Waals surface area (Å²) < 4.78 is 27.6. The van der Waals surface area contributed by atoms with Gasteiger partial charge in [0.15, 0.2) is 0 Å². The quantitative estimate of drug-likeness (QED) is 0.710. The molecule has 4 nitrogen and oxygen atoms in total. The fourth-order valence-electron chi connectivity index (χ4n) is 1.59. The van der Waals surface area contributed by atoms with Gasteiger partial charge < -0.3 is 5.32 Å². The SMILES string of the molecule is CCCCNS(=O)(=O)c1cc(CNCC)ccc1Br. The second-order valence-corrected chi connectivity index (χ2v) is 6.89. The van der Waals surface area contributed by atoms with Gasteiger partial charge in [-0.05, 0) is 46.6 Å². The number of hydrogen-bond donors (Lipinski definition) is 2. The lowest BCUT2D eigenvalue weighted by molar-refractivity contribution is 0.577. The van der Waals surface area contributed by atoms with E-state index in [0.29, 0.717) is 22.5 Å². The standard InChI is InChI=1S/C13H21BrN2O2S/c1-3-5-8-16-19(17,18)13-9-11(10-15-4-2)6-7-12(13)14/h6-7,9,15-16H,3-5,8,10H2,1-2H3. The summed E-state index contributed by atoms with van der Waals surface area (Å²) in [5.41, 5.74) is 0.959. The zero-order valence-corrected chi connectivity index (χ0v) is 13.8. The molecule has 0 aliphatic heterocycles. The number of sulfonamides is 1. The Hall–Kier alpha value is -0.430. The minimum Gasteiger partial charge on any atom is -0.313 e. The van der Waals surface area contributed by atoms with E-state index in [1.54, 1.807) is 12.1 Å². The predicted octanol–water partition coefficient (Wildman–Crippen LogP) is 2.64. The lowest BCUT2D eigenvalue weighted by Crippen LogP contribution is -2.25. The average Bonchev–Trinajstić information content (AvgIpc) is 2.37. The summed E-state index contributed by atoms with van der Waals surface area (Å²) in [6.07, 6.45) is 1.80. The lowest BCUT2D eigenvalue weighted by atomic mass is 10.2. The summed E-state index contributed by atoms with van der Waals surface area (Å²) in [4.78, 5) is 0.305. The Balaban J connectivity index is 2.91. The zero-order valence-electron chi connectivity index (χ0n) is 11.4. The highest BCUT2D eigenvalue weighted by molar-refractivity contribution is 9.10. The molecule has 1 rings (SSSR count). The largest absolute Gasteiger partial charge is 0.313 e. The van der Waals surface area contributed by atoms with E-state index in [4.69, 9.17) is 0 Å². The maximum Gasteiger partial charge on any atom is 0.241 e. The molecule has 0 unspecified atom stereocenters. The van der Waals surface area contributed by atoms with E-state index in [1.807, 2.05) is 19.9 Å². The normalized spacial score (nSPS) is 11.7. The van der Waals surface area contributed by atoms with E-state index in [2.05, 4.69) is 26.0 Å². The van der Waals surface area contributed by atoms with E-state index in [-0.39, 0.29) is 0 Å². The molecule has 1 aromatic carbocycles. The van der Waals surface area contributed by atoms with Crippen LogP contribution in [0.1, 0.15) is 32.3 Å². The van der Waals surface area contributed by atoms with Gasteiger partial charge in [0, 0.05) is 17.6 Å². The van der Waals surface area contributed by atoms with Gasteiger partial charge in [-0.2, -0.15) is 0 Å². The first kappa shape index (κ1) is 16.6. The minimum atomic E-state index is -3.44. The van der Waals surface area contributed by atoms with Gasteiger partial charge in [-0.1, -0.05) is 26.3 Å². The van der Waals surface area contributed by atoms with Crippen molar-refractivity contribution in [1.82, 2.24) is 10.0 Å². The Kier molecular flexibility index (Phi) is 6.99. The highest BCUT2D eigenvalue weighted by Gasteiger charge is 2.17. The maximum absolute atomic E-state index is 12.2. The molecule has 0 atom stereocenters. The molecule has 0 aromatic heterocycles. The van der Waals surface area contributed by atoms with Gasteiger partial charge in [-0.3, -0.25) is 0 Å². The molecule has 0 radical (unpaired) electrons. The van der Waals surface area contributed by atoms with Crippen molar-refractivity contribution in [3.8, 4) is 0 Å². The van der Waals surface area contributed by atoms with Gasteiger partial charge in [-0.25, -0.2) is 13.1 Å². The van der Waals surface area contributed by atoms with Crippen molar-refractivity contribution in [2.24, 2.45) is 0 Å². The number of nitrogens with one attached hydrogen (secondary N) is 2. The monoisotopic (exact) mass is 348 g/mol. The summed E-state index contributed by atoms with van der Waals surface area (Å²) in [5.74, 6) is 0. The van der Waals surface area contributed by atoms with Crippen molar-refractivity contribution < 1.29 is 8.42 Å². The van der Waals surface area contributed by atoms with E-state index in [1.165, 1.54) is 0 Å². The van der Waals surface area contributed by atoms with Crippen LogP contribution in [0.5, 0.6) is 0 Å². The van der Waals surface area contributed by atoms with Gasteiger partial charge in [-0.15, -0.1) is 0 Å². The molecule has 2 N–H and O–H groups in total. The lowest BCUT2D eigenvalue weighted by Gasteiger charge is -2.10.